The second-order valence-electron chi connectivity index (χ2n) is 6.90. The Morgan fingerprint density at radius 3 is 1.76 bits per heavy atom. The molecule has 0 aliphatic rings. The summed E-state index contributed by atoms with van der Waals surface area (Å²) in [6.07, 6.45) is 0.460. The van der Waals surface area contributed by atoms with Crippen molar-refractivity contribution in [2.45, 2.75) is 45.1 Å². The second kappa shape index (κ2) is 5.61. The molecule has 0 fully saturated rings. The molecule has 0 aliphatic heterocycles. The van der Waals surface area contributed by atoms with Gasteiger partial charge in [0.05, 0.1) is 5.60 Å². The first-order chi connectivity index (χ1) is 9.68. The van der Waals surface area contributed by atoms with E-state index in [-0.39, 0.29) is 11.2 Å². The van der Waals surface area contributed by atoms with E-state index in [0.29, 0.717) is 6.42 Å². The Kier molecular flexibility index (Phi) is 4.20. The molecule has 21 heavy (non-hydrogen) atoms. The van der Waals surface area contributed by atoms with Gasteiger partial charge in [0.1, 0.15) is 5.82 Å². The lowest BCUT2D eigenvalue weighted by molar-refractivity contribution is 0.0576. The second-order valence-corrected chi connectivity index (χ2v) is 6.90. The fourth-order valence-electron chi connectivity index (χ4n) is 2.43. The maximum atomic E-state index is 12.9. The summed E-state index contributed by atoms with van der Waals surface area (Å²) < 4.78 is 12.9. The van der Waals surface area contributed by atoms with Gasteiger partial charge in [0.15, 0.2) is 0 Å². The molecule has 0 saturated carbocycles. The van der Waals surface area contributed by atoms with Gasteiger partial charge in [-0.15, -0.1) is 0 Å². The molecular formula is C19H23FO. The molecule has 0 aromatic heterocycles. The Morgan fingerprint density at radius 2 is 1.29 bits per heavy atom. The molecule has 2 aromatic carbocycles. The maximum Gasteiger partial charge on any atom is 0.123 e. The van der Waals surface area contributed by atoms with Crippen LogP contribution in [-0.2, 0) is 17.4 Å². The van der Waals surface area contributed by atoms with Crippen molar-refractivity contribution >= 4 is 0 Å². The summed E-state index contributed by atoms with van der Waals surface area (Å²) in [6, 6.07) is 14.4. The van der Waals surface area contributed by atoms with Crippen molar-refractivity contribution in [2.75, 3.05) is 0 Å². The average molecular weight is 286 g/mol. The van der Waals surface area contributed by atoms with Crippen LogP contribution in [0, 0.1) is 5.82 Å². The minimum absolute atomic E-state index is 0.0986. The first-order valence-electron chi connectivity index (χ1n) is 7.26. The highest BCUT2D eigenvalue weighted by Crippen LogP contribution is 2.28. The smallest absolute Gasteiger partial charge is 0.123 e. The fraction of sp³-hybridized carbons (Fsp3) is 0.368. The molecular weight excluding hydrogens is 263 g/mol. The first kappa shape index (κ1) is 15.7. The Morgan fingerprint density at radius 1 is 0.810 bits per heavy atom. The highest BCUT2D eigenvalue weighted by molar-refractivity contribution is 5.32. The van der Waals surface area contributed by atoms with Crippen LogP contribution in [0.1, 0.15) is 44.4 Å². The molecule has 1 atom stereocenters. The number of hydrogen-bond donors (Lipinski definition) is 1. The van der Waals surface area contributed by atoms with Crippen LogP contribution in [-0.4, -0.2) is 5.11 Å². The quantitative estimate of drug-likeness (QED) is 0.876. The fourth-order valence-corrected chi connectivity index (χ4v) is 2.43. The van der Waals surface area contributed by atoms with Crippen molar-refractivity contribution in [2.24, 2.45) is 0 Å². The third kappa shape index (κ3) is 3.92. The molecule has 0 saturated heterocycles. The molecule has 0 heterocycles. The normalized spacial score (nSPS) is 14.8. The number of halogens is 1. The molecule has 1 nitrogen and oxygen atoms in total. The van der Waals surface area contributed by atoms with Gasteiger partial charge in [-0.1, -0.05) is 57.2 Å². The van der Waals surface area contributed by atoms with E-state index in [9.17, 15) is 9.50 Å². The van der Waals surface area contributed by atoms with Crippen LogP contribution >= 0.6 is 0 Å². The molecule has 0 spiro atoms. The summed E-state index contributed by atoms with van der Waals surface area (Å²) in [7, 11) is 0. The van der Waals surface area contributed by atoms with Crippen molar-refractivity contribution in [3.8, 4) is 0 Å². The van der Waals surface area contributed by atoms with Crippen LogP contribution < -0.4 is 0 Å². The molecule has 2 rings (SSSR count). The summed E-state index contributed by atoms with van der Waals surface area (Å²) in [5.41, 5.74) is 2.17. The standard InChI is InChI=1S/C19H23FO/c1-18(2,3)15-7-9-16(10-8-15)19(4,21)13-14-5-11-17(20)12-6-14/h5-12,21H,13H2,1-4H3. The molecule has 112 valence electrons. The van der Waals surface area contributed by atoms with Gasteiger partial charge in [-0.2, -0.15) is 0 Å². The SMILES string of the molecule is CC(C)(C)c1ccc(C(C)(O)Cc2ccc(F)cc2)cc1. The minimum atomic E-state index is -0.964. The summed E-state index contributed by atoms with van der Waals surface area (Å²) >= 11 is 0. The van der Waals surface area contributed by atoms with Gasteiger partial charge in [-0.05, 0) is 41.2 Å². The van der Waals surface area contributed by atoms with Crippen LogP contribution in [0.3, 0.4) is 0 Å². The average Bonchev–Trinajstić information content (AvgIpc) is 2.40. The van der Waals surface area contributed by atoms with Crippen LogP contribution in [0.4, 0.5) is 4.39 Å². The van der Waals surface area contributed by atoms with Gasteiger partial charge in [0.25, 0.3) is 0 Å². The largest absolute Gasteiger partial charge is 0.385 e. The Labute approximate surface area is 126 Å². The Balaban J connectivity index is 2.21. The monoisotopic (exact) mass is 286 g/mol. The van der Waals surface area contributed by atoms with Crippen molar-refractivity contribution < 1.29 is 9.50 Å². The molecule has 1 N–H and O–H groups in total. The molecule has 2 heteroatoms. The lowest BCUT2D eigenvalue weighted by Gasteiger charge is -2.26. The minimum Gasteiger partial charge on any atom is -0.385 e. The van der Waals surface area contributed by atoms with E-state index >= 15 is 0 Å². The predicted octanol–water partition coefficient (Wildman–Crippen LogP) is 4.57. The van der Waals surface area contributed by atoms with E-state index in [0.717, 1.165) is 11.1 Å². The van der Waals surface area contributed by atoms with Crippen LogP contribution in [0.15, 0.2) is 48.5 Å². The van der Waals surface area contributed by atoms with Crippen molar-refractivity contribution in [3.63, 3.8) is 0 Å². The van der Waals surface area contributed by atoms with Crippen LogP contribution in [0.5, 0.6) is 0 Å². The van der Waals surface area contributed by atoms with Crippen molar-refractivity contribution in [1.29, 1.82) is 0 Å². The van der Waals surface area contributed by atoms with Gasteiger partial charge in [0, 0.05) is 6.42 Å². The maximum absolute atomic E-state index is 12.9. The van der Waals surface area contributed by atoms with E-state index in [1.807, 2.05) is 12.1 Å². The molecule has 0 radical (unpaired) electrons. The molecule has 0 amide bonds. The van der Waals surface area contributed by atoms with Crippen LogP contribution in [0.2, 0.25) is 0 Å². The van der Waals surface area contributed by atoms with Gasteiger partial charge in [-0.3, -0.25) is 0 Å². The number of hydrogen-bond acceptors (Lipinski definition) is 1. The predicted molar refractivity (Wildman–Crippen MR) is 84.8 cm³/mol. The van der Waals surface area contributed by atoms with Crippen LogP contribution in [0.25, 0.3) is 0 Å². The van der Waals surface area contributed by atoms with Gasteiger partial charge < -0.3 is 5.11 Å². The number of rotatable bonds is 3. The number of benzene rings is 2. The summed E-state index contributed by atoms with van der Waals surface area (Å²) in [6.45, 7) is 8.29. The number of aliphatic hydroxyl groups is 1. The highest BCUT2D eigenvalue weighted by atomic mass is 19.1. The van der Waals surface area contributed by atoms with Gasteiger partial charge in [-0.25, -0.2) is 4.39 Å². The molecule has 2 aromatic rings. The third-order valence-electron chi connectivity index (χ3n) is 3.83. The van der Waals surface area contributed by atoms with E-state index in [4.69, 9.17) is 0 Å². The zero-order chi connectivity index (χ0) is 15.7. The topological polar surface area (TPSA) is 20.2 Å². The van der Waals surface area contributed by atoms with Gasteiger partial charge >= 0.3 is 0 Å². The third-order valence-corrected chi connectivity index (χ3v) is 3.83. The van der Waals surface area contributed by atoms with Crippen molar-refractivity contribution in [3.05, 3.63) is 71.0 Å². The van der Waals surface area contributed by atoms with E-state index in [1.165, 1.54) is 17.7 Å². The Bertz CT molecular complexity index is 589. The summed E-state index contributed by atoms with van der Waals surface area (Å²) in [5, 5.41) is 10.7. The summed E-state index contributed by atoms with van der Waals surface area (Å²) in [4.78, 5) is 0. The zero-order valence-corrected chi connectivity index (χ0v) is 13.2. The van der Waals surface area contributed by atoms with E-state index in [2.05, 4.69) is 32.9 Å². The molecule has 0 aliphatic carbocycles. The summed E-state index contributed by atoms with van der Waals surface area (Å²) in [5.74, 6) is -0.257. The zero-order valence-electron chi connectivity index (χ0n) is 13.2. The lowest BCUT2D eigenvalue weighted by Crippen LogP contribution is -2.24. The first-order valence-corrected chi connectivity index (χ1v) is 7.26. The van der Waals surface area contributed by atoms with Gasteiger partial charge in [0.2, 0.25) is 0 Å². The van der Waals surface area contributed by atoms with Crippen molar-refractivity contribution in [1.82, 2.24) is 0 Å². The van der Waals surface area contributed by atoms with E-state index in [1.54, 1.807) is 19.1 Å². The Hall–Kier alpha value is -1.67. The van der Waals surface area contributed by atoms with E-state index < -0.39 is 5.60 Å². The molecule has 0 bridgehead atoms. The molecule has 1 unspecified atom stereocenters. The highest BCUT2D eigenvalue weighted by Gasteiger charge is 2.24. The lowest BCUT2D eigenvalue weighted by atomic mass is 9.83.